The summed E-state index contributed by atoms with van der Waals surface area (Å²) in [5.74, 6) is -0.160. The molecule has 1 aliphatic carbocycles. The Labute approximate surface area is 99.8 Å². The zero-order valence-corrected chi connectivity index (χ0v) is 9.79. The summed E-state index contributed by atoms with van der Waals surface area (Å²) in [6, 6.07) is 4.00. The van der Waals surface area contributed by atoms with Gasteiger partial charge < -0.3 is 4.74 Å². The van der Waals surface area contributed by atoms with Crippen LogP contribution < -0.4 is 0 Å². The van der Waals surface area contributed by atoms with E-state index in [0.29, 0.717) is 6.42 Å². The molecule has 3 heteroatoms. The summed E-state index contributed by atoms with van der Waals surface area (Å²) < 4.78 is 5.19. The highest BCUT2D eigenvalue weighted by Crippen LogP contribution is 2.36. The van der Waals surface area contributed by atoms with Gasteiger partial charge in [0.15, 0.2) is 5.78 Å². The number of cyclic esters (lactones) is 1. The van der Waals surface area contributed by atoms with Crippen LogP contribution in [0.2, 0.25) is 0 Å². The van der Waals surface area contributed by atoms with Crippen molar-refractivity contribution in [3.8, 4) is 0 Å². The van der Waals surface area contributed by atoms with Crippen LogP contribution in [0.3, 0.4) is 0 Å². The number of ether oxygens (including phenoxy) is 1. The van der Waals surface area contributed by atoms with Gasteiger partial charge in [-0.15, -0.1) is 0 Å². The summed E-state index contributed by atoms with van der Waals surface area (Å²) in [4.78, 5) is 23.5. The molecule has 3 nitrogen and oxygen atoms in total. The molecule has 0 saturated carbocycles. The number of aryl methyl sites for hydroxylation is 1. The predicted molar refractivity (Wildman–Crippen MR) is 61.9 cm³/mol. The van der Waals surface area contributed by atoms with Crippen molar-refractivity contribution < 1.29 is 14.3 Å². The highest BCUT2D eigenvalue weighted by molar-refractivity contribution is 6.02. The third kappa shape index (κ3) is 1.42. The molecule has 2 aliphatic rings. The van der Waals surface area contributed by atoms with Crippen LogP contribution in [0.4, 0.5) is 0 Å². The maximum Gasteiger partial charge on any atom is 0.313 e. The van der Waals surface area contributed by atoms with Crippen molar-refractivity contribution in [2.75, 3.05) is 0 Å². The van der Waals surface area contributed by atoms with Crippen LogP contribution in [-0.2, 0) is 22.6 Å². The standard InChI is InChI=1S/C14H14O3/c1-2-9-10-5-3-8-4-6-12(15)13(8)11(10)7-17-14(9)16/h3,5,9H,2,4,6-7H2,1H3/t9-/m0/s1. The molecule has 0 saturated heterocycles. The molecule has 1 aromatic rings. The van der Waals surface area contributed by atoms with E-state index in [1.165, 1.54) is 0 Å². The summed E-state index contributed by atoms with van der Waals surface area (Å²) in [5, 5.41) is 0. The molecule has 1 aliphatic heterocycles. The number of ketones is 1. The molecule has 17 heavy (non-hydrogen) atoms. The maximum absolute atomic E-state index is 11.9. The molecule has 0 amide bonds. The SMILES string of the molecule is CC[C@@H]1C(=O)OCc2c1ccc1c2C(=O)CC1. The van der Waals surface area contributed by atoms with E-state index in [-0.39, 0.29) is 24.3 Å². The van der Waals surface area contributed by atoms with Gasteiger partial charge in [-0.1, -0.05) is 19.1 Å². The zero-order chi connectivity index (χ0) is 12.0. The van der Waals surface area contributed by atoms with Gasteiger partial charge in [0.1, 0.15) is 6.61 Å². The van der Waals surface area contributed by atoms with Gasteiger partial charge in [0.05, 0.1) is 5.92 Å². The lowest BCUT2D eigenvalue weighted by atomic mass is 9.86. The molecule has 3 rings (SSSR count). The van der Waals surface area contributed by atoms with E-state index in [4.69, 9.17) is 4.74 Å². The Hall–Kier alpha value is -1.64. The van der Waals surface area contributed by atoms with Crippen LogP contribution in [-0.4, -0.2) is 11.8 Å². The van der Waals surface area contributed by atoms with Crippen molar-refractivity contribution in [1.82, 2.24) is 0 Å². The smallest absolute Gasteiger partial charge is 0.313 e. The van der Waals surface area contributed by atoms with Crippen LogP contribution in [0, 0.1) is 0 Å². The Kier molecular flexibility index (Phi) is 2.28. The van der Waals surface area contributed by atoms with Gasteiger partial charge in [-0.3, -0.25) is 9.59 Å². The van der Waals surface area contributed by atoms with Crippen LogP contribution in [0.25, 0.3) is 0 Å². The van der Waals surface area contributed by atoms with E-state index >= 15 is 0 Å². The number of carbonyl (C=O) groups is 2. The average Bonchev–Trinajstić information content (AvgIpc) is 2.71. The lowest BCUT2D eigenvalue weighted by molar-refractivity contribution is -0.148. The molecule has 88 valence electrons. The van der Waals surface area contributed by atoms with Gasteiger partial charge in [0.25, 0.3) is 0 Å². The van der Waals surface area contributed by atoms with Gasteiger partial charge in [-0.2, -0.15) is 0 Å². The fourth-order valence-corrected chi connectivity index (χ4v) is 2.88. The number of esters is 1. The molecule has 0 radical (unpaired) electrons. The lowest BCUT2D eigenvalue weighted by Crippen LogP contribution is -2.24. The molecule has 0 spiro atoms. The van der Waals surface area contributed by atoms with E-state index in [1.807, 2.05) is 19.1 Å². The number of benzene rings is 1. The molecule has 0 aromatic heterocycles. The summed E-state index contributed by atoms with van der Waals surface area (Å²) in [5.41, 5.74) is 3.89. The van der Waals surface area contributed by atoms with Crippen LogP contribution >= 0.6 is 0 Å². The van der Waals surface area contributed by atoms with Crippen LogP contribution in [0.5, 0.6) is 0 Å². The highest BCUT2D eigenvalue weighted by Gasteiger charge is 2.33. The van der Waals surface area contributed by atoms with Gasteiger partial charge >= 0.3 is 5.97 Å². The summed E-state index contributed by atoms with van der Waals surface area (Å²) in [6.45, 7) is 2.23. The van der Waals surface area contributed by atoms with Gasteiger partial charge in [0, 0.05) is 17.5 Å². The second-order valence-corrected chi connectivity index (χ2v) is 4.66. The Morgan fingerprint density at radius 3 is 2.88 bits per heavy atom. The van der Waals surface area contributed by atoms with E-state index in [9.17, 15) is 9.59 Å². The third-order valence-corrected chi connectivity index (χ3v) is 3.76. The topological polar surface area (TPSA) is 43.4 Å². The Morgan fingerprint density at radius 2 is 2.12 bits per heavy atom. The van der Waals surface area contributed by atoms with E-state index in [2.05, 4.69) is 0 Å². The van der Waals surface area contributed by atoms with Crippen LogP contribution in [0.1, 0.15) is 52.7 Å². The Bertz CT molecular complexity index is 516. The molecular formula is C14H14O3. The van der Waals surface area contributed by atoms with Crippen molar-refractivity contribution in [1.29, 1.82) is 0 Å². The van der Waals surface area contributed by atoms with Crippen molar-refractivity contribution in [3.63, 3.8) is 0 Å². The quantitative estimate of drug-likeness (QED) is 0.695. The summed E-state index contributed by atoms with van der Waals surface area (Å²) >= 11 is 0. The van der Waals surface area contributed by atoms with E-state index < -0.39 is 0 Å². The van der Waals surface area contributed by atoms with E-state index in [0.717, 1.165) is 35.1 Å². The molecule has 1 atom stereocenters. The van der Waals surface area contributed by atoms with Crippen molar-refractivity contribution >= 4 is 11.8 Å². The van der Waals surface area contributed by atoms with Gasteiger partial charge in [-0.05, 0) is 24.0 Å². The van der Waals surface area contributed by atoms with Gasteiger partial charge in [-0.25, -0.2) is 0 Å². The Balaban J connectivity index is 2.19. The molecular weight excluding hydrogens is 216 g/mol. The fraction of sp³-hybridized carbons (Fsp3) is 0.429. The van der Waals surface area contributed by atoms with Crippen molar-refractivity contribution in [2.45, 2.75) is 38.7 Å². The lowest BCUT2D eigenvalue weighted by Gasteiger charge is -2.25. The monoisotopic (exact) mass is 230 g/mol. The number of carbonyl (C=O) groups excluding carboxylic acids is 2. The molecule has 0 unspecified atom stereocenters. The molecule has 1 aromatic carbocycles. The van der Waals surface area contributed by atoms with E-state index in [1.54, 1.807) is 0 Å². The highest BCUT2D eigenvalue weighted by atomic mass is 16.5. The van der Waals surface area contributed by atoms with Gasteiger partial charge in [0.2, 0.25) is 0 Å². The Morgan fingerprint density at radius 1 is 1.29 bits per heavy atom. The second kappa shape index (κ2) is 3.69. The number of hydrogen-bond donors (Lipinski definition) is 0. The minimum Gasteiger partial charge on any atom is -0.460 e. The number of hydrogen-bond acceptors (Lipinski definition) is 3. The minimum absolute atomic E-state index is 0.162. The van der Waals surface area contributed by atoms with Crippen molar-refractivity contribution in [2.24, 2.45) is 0 Å². The zero-order valence-electron chi connectivity index (χ0n) is 9.79. The molecule has 0 fully saturated rings. The van der Waals surface area contributed by atoms with Crippen molar-refractivity contribution in [3.05, 3.63) is 34.4 Å². The number of Topliss-reactive ketones (excluding diaryl/α,β-unsaturated/α-hetero) is 1. The molecule has 0 bridgehead atoms. The normalized spacial score (nSPS) is 22.1. The number of rotatable bonds is 1. The second-order valence-electron chi connectivity index (χ2n) is 4.66. The average molecular weight is 230 g/mol. The predicted octanol–water partition coefficient (Wildman–Crippen LogP) is 2.37. The third-order valence-electron chi connectivity index (χ3n) is 3.76. The first kappa shape index (κ1) is 10.5. The molecule has 0 N–H and O–H groups in total. The first-order valence-electron chi connectivity index (χ1n) is 6.07. The first-order valence-corrected chi connectivity index (χ1v) is 6.07. The first-order chi connectivity index (χ1) is 8.22. The maximum atomic E-state index is 11.9. The summed E-state index contributed by atoms with van der Waals surface area (Å²) in [7, 11) is 0. The minimum atomic E-state index is -0.197. The number of fused-ring (bicyclic) bond motifs is 3. The fourth-order valence-electron chi connectivity index (χ4n) is 2.88. The summed E-state index contributed by atoms with van der Waals surface area (Å²) in [6.07, 6.45) is 2.14. The molecule has 1 heterocycles. The van der Waals surface area contributed by atoms with Crippen LogP contribution in [0.15, 0.2) is 12.1 Å². The largest absolute Gasteiger partial charge is 0.460 e.